The summed E-state index contributed by atoms with van der Waals surface area (Å²) in [5.74, 6) is 1.32. The number of ether oxygens (including phenoxy) is 1. The number of hydrogen-bond donors (Lipinski definition) is 2. The second-order valence-electron chi connectivity index (χ2n) is 6.71. The molecule has 25 heavy (non-hydrogen) atoms. The zero-order valence-corrected chi connectivity index (χ0v) is 15.0. The van der Waals surface area contributed by atoms with Gasteiger partial charge in [-0.25, -0.2) is 14.6 Å². The summed E-state index contributed by atoms with van der Waals surface area (Å²) in [5.41, 5.74) is 0.648. The van der Waals surface area contributed by atoms with E-state index in [2.05, 4.69) is 56.2 Å². The Hall–Kier alpha value is -2.26. The van der Waals surface area contributed by atoms with Crippen LogP contribution < -0.4 is 10.6 Å². The molecule has 0 aliphatic carbocycles. The first-order chi connectivity index (χ1) is 12.1. The standard InChI is InChI=1S/C16H20N6O2S/c1-16(2)8-10(5-6-23-16)18-13-12(17-9-11-4-3-7-25-11)19-14-15(20-13)22-24-21-14/h3-4,7,10H,5-6,8-9H2,1-2H3,(H,17,19,21)(H,18,20,22)/t10-/m1/s1. The number of thiophene rings is 1. The maximum atomic E-state index is 5.79. The lowest BCUT2D eigenvalue weighted by Gasteiger charge is -2.36. The average molecular weight is 360 g/mol. The van der Waals surface area contributed by atoms with E-state index >= 15 is 0 Å². The summed E-state index contributed by atoms with van der Waals surface area (Å²) in [6.07, 6.45) is 1.82. The third-order valence-corrected chi connectivity index (χ3v) is 5.04. The van der Waals surface area contributed by atoms with Crippen molar-refractivity contribution in [3.8, 4) is 0 Å². The van der Waals surface area contributed by atoms with Crippen molar-refractivity contribution in [2.24, 2.45) is 0 Å². The molecule has 1 saturated heterocycles. The Morgan fingerprint density at radius 2 is 2.04 bits per heavy atom. The molecule has 0 unspecified atom stereocenters. The summed E-state index contributed by atoms with van der Waals surface area (Å²) in [5, 5.41) is 16.5. The molecule has 1 aliphatic heterocycles. The number of nitrogens with one attached hydrogen (secondary N) is 2. The van der Waals surface area contributed by atoms with E-state index in [1.165, 1.54) is 4.88 Å². The summed E-state index contributed by atoms with van der Waals surface area (Å²) >= 11 is 1.69. The summed E-state index contributed by atoms with van der Waals surface area (Å²) in [7, 11) is 0. The summed E-state index contributed by atoms with van der Waals surface area (Å²) in [6.45, 7) is 5.61. The molecular weight excluding hydrogens is 340 g/mol. The van der Waals surface area contributed by atoms with Crippen LogP contribution in [0.15, 0.2) is 22.1 Å². The van der Waals surface area contributed by atoms with E-state index in [-0.39, 0.29) is 11.6 Å². The molecule has 3 aromatic heterocycles. The summed E-state index contributed by atoms with van der Waals surface area (Å²) in [6, 6.07) is 4.37. The zero-order chi connectivity index (χ0) is 17.3. The van der Waals surface area contributed by atoms with E-state index < -0.39 is 0 Å². The number of aromatic nitrogens is 4. The first-order valence-electron chi connectivity index (χ1n) is 8.26. The van der Waals surface area contributed by atoms with Crippen LogP contribution in [0.5, 0.6) is 0 Å². The third kappa shape index (κ3) is 3.72. The Balaban J connectivity index is 1.57. The van der Waals surface area contributed by atoms with Crippen LogP contribution in [0.1, 0.15) is 31.6 Å². The highest BCUT2D eigenvalue weighted by Crippen LogP contribution is 2.28. The lowest BCUT2D eigenvalue weighted by Crippen LogP contribution is -2.40. The molecule has 0 aromatic carbocycles. The molecule has 1 atom stereocenters. The fourth-order valence-electron chi connectivity index (χ4n) is 2.99. The fraction of sp³-hybridized carbons (Fsp3) is 0.500. The van der Waals surface area contributed by atoms with Crippen LogP contribution in [0.2, 0.25) is 0 Å². The van der Waals surface area contributed by atoms with Crippen LogP contribution in [-0.4, -0.2) is 38.5 Å². The molecule has 0 spiro atoms. The minimum absolute atomic E-state index is 0.145. The van der Waals surface area contributed by atoms with Crippen molar-refractivity contribution < 1.29 is 9.37 Å². The molecule has 2 N–H and O–H groups in total. The molecule has 8 nitrogen and oxygen atoms in total. The molecule has 4 rings (SSSR count). The van der Waals surface area contributed by atoms with Gasteiger partial charge in [0, 0.05) is 17.5 Å². The van der Waals surface area contributed by atoms with E-state index in [4.69, 9.17) is 9.37 Å². The Morgan fingerprint density at radius 3 is 2.76 bits per heavy atom. The van der Waals surface area contributed by atoms with Crippen LogP contribution in [0.25, 0.3) is 11.3 Å². The zero-order valence-electron chi connectivity index (χ0n) is 14.2. The summed E-state index contributed by atoms with van der Waals surface area (Å²) < 4.78 is 10.5. The molecule has 0 saturated carbocycles. The van der Waals surface area contributed by atoms with Crippen molar-refractivity contribution in [2.45, 2.75) is 44.9 Å². The van der Waals surface area contributed by atoms with E-state index in [1.54, 1.807) is 11.3 Å². The van der Waals surface area contributed by atoms with Crippen molar-refractivity contribution in [2.75, 3.05) is 17.2 Å². The van der Waals surface area contributed by atoms with Crippen molar-refractivity contribution in [3.63, 3.8) is 0 Å². The van der Waals surface area contributed by atoms with Gasteiger partial charge in [-0.15, -0.1) is 11.3 Å². The molecule has 132 valence electrons. The predicted octanol–water partition coefficient (Wildman–Crippen LogP) is 3.06. The molecular formula is C16H20N6O2S. The van der Waals surface area contributed by atoms with Gasteiger partial charge in [0.15, 0.2) is 11.6 Å². The number of nitrogens with zero attached hydrogens (tertiary/aromatic N) is 4. The van der Waals surface area contributed by atoms with Gasteiger partial charge in [-0.1, -0.05) is 6.07 Å². The molecule has 1 aliphatic rings. The minimum Gasteiger partial charge on any atom is -0.375 e. The fourth-order valence-corrected chi connectivity index (χ4v) is 3.64. The molecule has 1 fully saturated rings. The van der Waals surface area contributed by atoms with E-state index in [9.17, 15) is 0 Å². The van der Waals surface area contributed by atoms with E-state index in [1.807, 2.05) is 6.07 Å². The molecule has 0 amide bonds. The third-order valence-electron chi connectivity index (χ3n) is 4.16. The Morgan fingerprint density at radius 1 is 1.24 bits per heavy atom. The molecule has 9 heteroatoms. The number of hydrogen-bond acceptors (Lipinski definition) is 9. The SMILES string of the molecule is CC1(C)C[C@H](Nc2nc3nonc3nc2NCc2cccs2)CCO1. The monoisotopic (exact) mass is 360 g/mol. The normalized spacial score (nSPS) is 19.8. The first kappa shape index (κ1) is 16.2. The molecule has 0 bridgehead atoms. The van der Waals surface area contributed by atoms with Crippen LogP contribution in [0.3, 0.4) is 0 Å². The first-order valence-corrected chi connectivity index (χ1v) is 9.14. The minimum atomic E-state index is -0.145. The van der Waals surface area contributed by atoms with E-state index in [0.717, 1.165) is 19.4 Å². The van der Waals surface area contributed by atoms with Gasteiger partial charge in [-0.3, -0.25) is 0 Å². The van der Waals surface area contributed by atoms with Gasteiger partial charge >= 0.3 is 0 Å². The smallest absolute Gasteiger partial charge is 0.245 e. The van der Waals surface area contributed by atoms with Gasteiger partial charge in [0.1, 0.15) is 0 Å². The van der Waals surface area contributed by atoms with Crippen LogP contribution in [-0.2, 0) is 11.3 Å². The van der Waals surface area contributed by atoms with Crippen LogP contribution in [0, 0.1) is 0 Å². The van der Waals surface area contributed by atoms with Crippen LogP contribution >= 0.6 is 11.3 Å². The Kier molecular flexibility index (Phi) is 4.26. The molecule has 0 radical (unpaired) electrons. The number of anilines is 2. The highest BCUT2D eigenvalue weighted by molar-refractivity contribution is 7.09. The highest BCUT2D eigenvalue weighted by Gasteiger charge is 2.29. The van der Waals surface area contributed by atoms with Crippen molar-refractivity contribution in [1.82, 2.24) is 20.3 Å². The summed E-state index contributed by atoms with van der Waals surface area (Å²) in [4.78, 5) is 10.3. The van der Waals surface area contributed by atoms with Crippen molar-refractivity contribution in [1.29, 1.82) is 0 Å². The maximum Gasteiger partial charge on any atom is 0.245 e. The largest absolute Gasteiger partial charge is 0.375 e. The van der Waals surface area contributed by atoms with Gasteiger partial charge in [0.2, 0.25) is 11.3 Å². The average Bonchev–Trinajstić information content (AvgIpc) is 3.22. The van der Waals surface area contributed by atoms with Gasteiger partial charge in [0.05, 0.1) is 12.1 Å². The number of rotatable bonds is 5. The predicted molar refractivity (Wildman–Crippen MR) is 95.7 cm³/mol. The number of fused-ring (bicyclic) bond motifs is 1. The maximum absolute atomic E-state index is 5.79. The van der Waals surface area contributed by atoms with Crippen molar-refractivity contribution in [3.05, 3.63) is 22.4 Å². The quantitative estimate of drug-likeness (QED) is 0.716. The lowest BCUT2D eigenvalue weighted by atomic mass is 9.94. The van der Waals surface area contributed by atoms with E-state index in [0.29, 0.717) is 29.5 Å². The Labute approximate surface area is 149 Å². The second kappa shape index (κ2) is 6.57. The highest BCUT2D eigenvalue weighted by atomic mass is 32.1. The lowest BCUT2D eigenvalue weighted by molar-refractivity contribution is -0.0553. The molecule has 4 heterocycles. The van der Waals surface area contributed by atoms with Gasteiger partial charge < -0.3 is 15.4 Å². The van der Waals surface area contributed by atoms with Gasteiger partial charge in [-0.2, -0.15) is 0 Å². The van der Waals surface area contributed by atoms with Gasteiger partial charge in [0.25, 0.3) is 0 Å². The Bertz CT molecular complexity index is 848. The molecule has 3 aromatic rings. The van der Waals surface area contributed by atoms with Crippen LogP contribution in [0.4, 0.5) is 11.6 Å². The van der Waals surface area contributed by atoms with Gasteiger partial charge in [-0.05, 0) is 48.4 Å². The van der Waals surface area contributed by atoms with Crippen molar-refractivity contribution >= 4 is 34.3 Å². The topological polar surface area (TPSA) is 98.0 Å². The second-order valence-corrected chi connectivity index (χ2v) is 7.74.